The molecule has 1 aromatic carbocycles. The first-order valence-electron chi connectivity index (χ1n) is 4.03. The first kappa shape index (κ1) is 8.66. The number of rotatable bonds is 1. The molecule has 2 aromatic rings. The third-order valence-electron chi connectivity index (χ3n) is 2.02. The van der Waals surface area contributed by atoms with Crippen LogP contribution in [0.25, 0.3) is 10.1 Å². The van der Waals surface area contributed by atoms with Crippen molar-refractivity contribution in [1.82, 2.24) is 0 Å². The molecule has 0 saturated heterocycles. The normalized spacial score (nSPS) is 13.5. The largest absolute Gasteiger partial charge is 0.389 e. The Morgan fingerprint density at radius 3 is 2.92 bits per heavy atom. The third-order valence-corrected chi connectivity index (χ3v) is 2.98. The van der Waals surface area contributed by atoms with Gasteiger partial charge in [0.1, 0.15) is 5.82 Å². The lowest BCUT2D eigenvalue weighted by molar-refractivity contribution is 0.201. The summed E-state index contributed by atoms with van der Waals surface area (Å²) in [4.78, 5) is 0. The molecule has 1 aromatic heterocycles. The average molecular weight is 196 g/mol. The fourth-order valence-electron chi connectivity index (χ4n) is 1.35. The lowest BCUT2D eigenvalue weighted by atomic mass is 10.1. The van der Waals surface area contributed by atoms with E-state index in [0.29, 0.717) is 0 Å². The van der Waals surface area contributed by atoms with Gasteiger partial charge in [0.25, 0.3) is 0 Å². The first-order valence-corrected chi connectivity index (χ1v) is 4.91. The molecule has 1 N–H and O–H groups in total. The van der Waals surface area contributed by atoms with Gasteiger partial charge in [0.15, 0.2) is 0 Å². The zero-order valence-corrected chi connectivity index (χ0v) is 7.94. The Bertz CT molecular complexity index is 433. The molecule has 1 heterocycles. The number of aliphatic hydroxyl groups excluding tert-OH is 1. The van der Waals surface area contributed by atoms with Crippen LogP contribution in [-0.2, 0) is 0 Å². The molecule has 1 nitrogen and oxygen atoms in total. The fourth-order valence-corrected chi connectivity index (χ4v) is 2.42. The minimum Gasteiger partial charge on any atom is -0.389 e. The summed E-state index contributed by atoms with van der Waals surface area (Å²) in [6, 6.07) is 4.62. The Morgan fingerprint density at radius 2 is 2.23 bits per heavy atom. The average Bonchev–Trinajstić information content (AvgIpc) is 2.46. The van der Waals surface area contributed by atoms with E-state index in [1.54, 1.807) is 13.0 Å². The van der Waals surface area contributed by atoms with Crippen molar-refractivity contribution in [2.24, 2.45) is 0 Å². The topological polar surface area (TPSA) is 20.2 Å². The zero-order chi connectivity index (χ0) is 9.42. The van der Waals surface area contributed by atoms with Crippen LogP contribution >= 0.6 is 11.3 Å². The summed E-state index contributed by atoms with van der Waals surface area (Å²) < 4.78 is 13.7. The van der Waals surface area contributed by atoms with E-state index in [-0.39, 0.29) is 5.82 Å². The smallest absolute Gasteiger partial charge is 0.124 e. The summed E-state index contributed by atoms with van der Waals surface area (Å²) in [7, 11) is 0. The predicted octanol–water partition coefficient (Wildman–Crippen LogP) is 3.09. The molecule has 13 heavy (non-hydrogen) atoms. The number of fused-ring (bicyclic) bond motifs is 1. The summed E-state index contributed by atoms with van der Waals surface area (Å²) in [5.41, 5.74) is 0.875. The van der Waals surface area contributed by atoms with E-state index in [1.165, 1.54) is 23.5 Å². The van der Waals surface area contributed by atoms with Gasteiger partial charge in [0.2, 0.25) is 0 Å². The highest BCUT2D eigenvalue weighted by Crippen LogP contribution is 2.30. The number of thiophene rings is 1. The maximum absolute atomic E-state index is 12.8. The Labute approximate surface area is 79.4 Å². The molecule has 0 aliphatic heterocycles. The van der Waals surface area contributed by atoms with Gasteiger partial charge in [-0.05, 0) is 35.4 Å². The van der Waals surface area contributed by atoms with E-state index in [2.05, 4.69) is 0 Å². The standard InChI is InChI=1S/C10H9FOS/c1-6(12)9-5-13-10-4-7(11)2-3-8(9)10/h2-6,12H,1H3. The van der Waals surface area contributed by atoms with Gasteiger partial charge in [-0.1, -0.05) is 6.07 Å². The second kappa shape index (κ2) is 3.09. The van der Waals surface area contributed by atoms with Crippen molar-refractivity contribution >= 4 is 21.4 Å². The summed E-state index contributed by atoms with van der Waals surface area (Å²) in [6.45, 7) is 1.71. The van der Waals surface area contributed by atoms with E-state index in [1.807, 2.05) is 5.38 Å². The second-order valence-electron chi connectivity index (χ2n) is 3.01. The highest BCUT2D eigenvalue weighted by molar-refractivity contribution is 7.17. The molecule has 0 aliphatic rings. The van der Waals surface area contributed by atoms with Crippen LogP contribution in [0.5, 0.6) is 0 Å². The van der Waals surface area contributed by atoms with Crippen molar-refractivity contribution in [3.05, 3.63) is 35.0 Å². The number of aliphatic hydroxyl groups is 1. The summed E-state index contributed by atoms with van der Waals surface area (Å²) >= 11 is 1.46. The van der Waals surface area contributed by atoms with Crippen molar-refractivity contribution in [2.75, 3.05) is 0 Å². The van der Waals surface area contributed by atoms with E-state index in [0.717, 1.165) is 15.6 Å². The minimum absolute atomic E-state index is 0.230. The maximum Gasteiger partial charge on any atom is 0.124 e. The first-order chi connectivity index (χ1) is 6.18. The molecule has 3 heteroatoms. The van der Waals surface area contributed by atoms with Gasteiger partial charge >= 0.3 is 0 Å². The van der Waals surface area contributed by atoms with Crippen LogP contribution in [-0.4, -0.2) is 5.11 Å². The van der Waals surface area contributed by atoms with Crippen molar-refractivity contribution in [1.29, 1.82) is 0 Å². The van der Waals surface area contributed by atoms with E-state index in [4.69, 9.17) is 0 Å². The minimum atomic E-state index is -0.487. The summed E-state index contributed by atoms with van der Waals surface area (Å²) in [5.74, 6) is -0.230. The molecule has 0 aliphatic carbocycles. The lowest BCUT2D eigenvalue weighted by Crippen LogP contribution is -1.87. The van der Waals surface area contributed by atoms with Crippen molar-refractivity contribution in [3.63, 3.8) is 0 Å². The number of benzene rings is 1. The van der Waals surface area contributed by atoms with Gasteiger partial charge in [-0.2, -0.15) is 0 Å². The van der Waals surface area contributed by atoms with Crippen LogP contribution in [0.15, 0.2) is 23.6 Å². The molecule has 1 unspecified atom stereocenters. The Kier molecular flexibility index (Phi) is 2.06. The lowest BCUT2D eigenvalue weighted by Gasteiger charge is -2.00. The highest BCUT2D eigenvalue weighted by Gasteiger charge is 2.08. The number of hydrogen-bond donors (Lipinski definition) is 1. The van der Waals surface area contributed by atoms with Crippen LogP contribution in [0, 0.1) is 5.82 Å². The Balaban J connectivity index is 2.69. The van der Waals surface area contributed by atoms with Gasteiger partial charge in [-0.25, -0.2) is 4.39 Å². The quantitative estimate of drug-likeness (QED) is 0.743. The molecule has 2 rings (SSSR count). The third kappa shape index (κ3) is 1.45. The molecule has 0 amide bonds. The van der Waals surface area contributed by atoms with E-state index in [9.17, 15) is 9.50 Å². The Hall–Kier alpha value is -0.930. The summed E-state index contributed by atoms with van der Waals surface area (Å²) in [5, 5.41) is 12.2. The summed E-state index contributed by atoms with van der Waals surface area (Å²) in [6.07, 6.45) is -0.487. The fraction of sp³-hybridized carbons (Fsp3) is 0.200. The van der Waals surface area contributed by atoms with E-state index >= 15 is 0 Å². The zero-order valence-electron chi connectivity index (χ0n) is 7.12. The highest BCUT2D eigenvalue weighted by atomic mass is 32.1. The molecule has 68 valence electrons. The molecule has 0 bridgehead atoms. The van der Waals surface area contributed by atoms with Crippen LogP contribution in [0.2, 0.25) is 0 Å². The molecule has 0 spiro atoms. The predicted molar refractivity (Wildman–Crippen MR) is 52.4 cm³/mol. The molecule has 0 saturated carbocycles. The molecule has 1 atom stereocenters. The van der Waals surface area contributed by atoms with Gasteiger partial charge in [0.05, 0.1) is 6.10 Å². The Morgan fingerprint density at radius 1 is 1.46 bits per heavy atom. The molecule has 0 fully saturated rings. The van der Waals surface area contributed by atoms with Crippen molar-refractivity contribution in [3.8, 4) is 0 Å². The maximum atomic E-state index is 12.8. The molecular formula is C10H9FOS. The van der Waals surface area contributed by atoms with Crippen LogP contribution < -0.4 is 0 Å². The van der Waals surface area contributed by atoms with E-state index < -0.39 is 6.10 Å². The number of hydrogen-bond acceptors (Lipinski definition) is 2. The van der Waals surface area contributed by atoms with Crippen LogP contribution in [0.1, 0.15) is 18.6 Å². The van der Waals surface area contributed by atoms with Crippen LogP contribution in [0.4, 0.5) is 4.39 Å². The molecular weight excluding hydrogens is 187 g/mol. The number of halogens is 1. The van der Waals surface area contributed by atoms with Gasteiger partial charge in [-0.15, -0.1) is 11.3 Å². The van der Waals surface area contributed by atoms with Gasteiger partial charge in [-0.3, -0.25) is 0 Å². The van der Waals surface area contributed by atoms with Crippen LogP contribution in [0.3, 0.4) is 0 Å². The second-order valence-corrected chi connectivity index (χ2v) is 3.92. The monoisotopic (exact) mass is 196 g/mol. The molecule has 0 radical (unpaired) electrons. The van der Waals surface area contributed by atoms with Crippen molar-refractivity contribution in [2.45, 2.75) is 13.0 Å². The van der Waals surface area contributed by atoms with Gasteiger partial charge < -0.3 is 5.11 Å². The van der Waals surface area contributed by atoms with Gasteiger partial charge in [0, 0.05) is 4.70 Å². The SMILES string of the molecule is CC(O)c1csc2cc(F)ccc12. The van der Waals surface area contributed by atoms with Crippen molar-refractivity contribution < 1.29 is 9.50 Å².